The van der Waals surface area contributed by atoms with Crippen LogP contribution in [0.1, 0.15) is 49.3 Å². The minimum absolute atomic E-state index is 0.216. The number of aryl methyl sites for hydroxylation is 1. The van der Waals surface area contributed by atoms with Crippen LogP contribution in [0.25, 0.3) is 10.9 Å². The van der Waals surface area contributed by atoms with Crippen molar-refractivity contribution in [1.82, 2.24) is 10.3 Å². The molecule has 1 saturated heterocycles. The molecule has 3 aliphatic rings. The number of nitrogens with one attached hydrogen (secondary N) is 1. The molecule has 2 aromatic rings. The highest BCUT2D eigenvalue weighted by Gasteiger charge is 2.47. The lowest BCUT2D eigenvalue weighted by atomic mass is 9.79. The van der Waals surface area contributed by atoms with Crippen molar-refractivity contribution in [2.45, 2.75) is 56.1 Å². The van der Waals surface area contributed by atoms with Gasteiger partial charge in [0.15, 0.2) is 0 Å². The monoisotopic (exact) mass is 382 g/mol. The fourth-order valence-electron chi connectivity index (χ4n) is 4.78. The van der Waals surface area contributed by atoms with E-state index >= 15 is 0 Å². The molecule has 0 amide bonds. The number of ether oxygens (including phenoxy) is 3. The van der Waals surface area contributed by atoms with Crippen LogP contribution in [0.15, 0.2) is 18.2 Å². The van der Waals surface area contributed by atoms with E-state index in [0.717, 1.165) is 40.9 Å². The highest BCUT2D eigenvalue weighted by molar-refractivity contribution is 5.87. The molecule has 6 heteroatoms. The zero-order chi connectivity index (χ0) is 19.3. The van der Waals surface area contributed by atoms with E-state index in [9.17, 15) is 4.79 Å². The number of fused-ring (bicyclic) bond motifs is 3. The number of nitrogens with zero attached hydrogens (tertiary/aromatic N) is 1. The first-order valence-electron chi connectivity index (χ1n) is 10.1. The Kier molecular flexibility index (Phi) is 4.19. The van der Waals surface area contributed by atoms with Crippen molar-refractivity contribution in [2.24, 2.45) is 0 Å². The van der Waals surface area contributed by atoms with Gasteiger partial charge in [0.25, 0.3) is 0 Å². The molecule has 0 bridgehead atoms. The van der Waals surface area contributed by atoms with Crippen molar-refractivity contribution >= 4 is 16.9 Å². The molecule has 5 rings (SSSR count). The molecule has 3 heterocycles. The zero-order valence-electron chi connectivity index (χ0n) is 16.4. The third-order valence-corrected chi connectivity index (χ3v) is 6.65. The van der Waals surface area contributed by atoms with E-state index in [0.29, 0.717) is 18.9 Å². The average molecular weight is 382 g/mol. The first-order valence-corrected chi connectivity index (χ1v) is 10.1. The maximum absolute atomic E-state index is 12.0. The van der Waals surface area contributed by atoms with Crippen LogP contribution in [0.2, 0.25) is 0 Å². The second kappa shape index (κ2) is 6.62. The van der Waals surface area contributed by atoms with Crippen LogP contribution in [-0.2, 0) is 16.0 Å². The molecule has 2 atom stereocenters. The Balaban J connectivity index is 1.58. The Morgan fingerprint density at radius 3 is 2.89 bits per heavy atom. The molecule has 1 spiro atoms. The summed E-state index contributed by atoms with van der Waals surface area (Å²) in [7, 11) is 3.12. The van der Waals surface area contributed by atoms with E-state index in [4.69, 9.17) is 19.2 Å². The topological polar surface area (TPSA) is 69.7 Å². The standard InChI is InChI=1S/C22H26N2O4/c1-26-14-6-7-17-16(10-14)15-8-9-22(11-18(23-12-22)21(25)27-2)28-20(15)19(24-17)13-4-3-5-13/h6-7,10,13,18,23H,3-5,8-9,11-12H2,1-2H3. The summed E-state index contributed by atoms with van der Waals surface area (Å²) in [5.41, 5.74) is 2.98. The average Bonchev–Trinajstić information content (AvgIpc) is 3.09. The van der Waals surface area contributed by atoms with E-state index in [1.807, 2.05) is 12.1 Å². The third kappa shape index (κ3) is 2.73. The van der Waals surface area contributed by atoms with Crippen molar-refractivity contribution in [3.8, 4) is 11.5 Å². The maximum atomic E-state index is 12.0. The number of hydrogen-bond donors (Lipinski definition) is 1. The predicted molar refractivity (Wildman–Crippen MR) is 105 cm³/mol. The molecule has 0 radical (unpaired) electrons. The fraction of sp³-hybridized carbons (Fsp3) is 0.545. The number of aromatic nitrogens is 1. The fourth-order valence-corrected chi connectivity index (χ4v) is 4.78. The molecular weight excluding hydrogens is 356 g/mol. The van der Waals surface area contributed by atoms with Gasteiger partial charge in [-0.2, -0.15) is 0 Å². The molecule has 2 fully saturated rings. The van der Waals surface area contributed by atoms with Crippen LogP contribution in [0.3, 0.4) is 0 Å². The Hall–Kier alpha value is -2.34. The summed E-state index contributed by atoms with van der Waals surface area (Å²) in [6.45, 7) is 0.659. The van der Waals surface area contributed by atoms with Gasteiger partial charge in [-0.3, -0.25) is 4.79 Å². The van der Waals surface area contributed by atoms with Crippen LogP contribution in [0.5, 0.6) is 11.5 Å². The minimum Gasteiger partial charge on any atom is -0.497 e. The van der Waals surface area contributed by atoms with E-state index in [1.165, 1.54) is 31.9 Å². The number of pyridine rings is 1. The SMILES string of the molecule is COC(=O)C1CC2(CCc3c(c(C4CCC4)nc4ccc(OC)cc34)O2)CN1. The normalized spacial score (nSPS) is 26.6. The van der Waals surface area contributed by atoms with Gasteiger partial charge in [0.2, 0.25) is 0 Å². The summed E-state index contributed by atoms with van der Waals surface area (Å²) in [5.74, 6) is 2.04. The van der Waals surface area contributed by atoms with Crippen LogP contribution in [0, 0.1) is 0 Å². The molecule has 148 valence electrons. The number of esters is 1. The number of methoxy groups -OCH3 is 2. The largest absolute Gasteiger partial charge is 0.497 e. The van der Waals surface area contributed by atoms with E-state index in [-0.39, 0.29) is 17.6 Å². The van der Waals surface area contributed by atoms with Crippen molar-refractivity contribution in [2.75, 3.05) is 20.8 Å². The van der Waals surface area contributed by atoms with Gasteiger partial charge in [0.1, 0.15) is 23.1 Å². The van der Waals surface area contributed by atoms with Gasteiger partial charge in [-0.05, 0) is 43.9 Å². The number of benzene rings is 1. The van der Waals surface area contributed by atoms with Crippen molar-refractivity contribution in [3.05, 3.63) is 29.5 Å². The quantitative estimate of drug-likeness (QED) is 0.823. The van der Waals surface area contributed by atoms with Gasteiger partial charge >= 0.3 is 5.97 Å². The predicted octanol–water partition coefficient (Wildman–Crippen LogP) is 3.11. The van der Waals surface area contributed by atoms with E-state index in [2.05, 4.69) is 11.4 Å². The molecular formula is C22H26N2O4. The van der Waals surface area contributed by atoms with Gasteiger partial charge in [-0.1, -0.05) is 6.42 Å². The molecule has 1 aliphatic carbocycles. The highest BCUT2D eigenvalue weighted by atomic mass is 16.5. The van der Waals surface area contributed by atoms with Crippen molar-refractivity contribution in [1.29, 1.82) is 0 Å². The first-order chi connectivity index (χ1) is 13.6. The van der Waals surface area contributed by atoms with Crippen LogP contribution < -0.4 is 14.8 Å². The van der Waals surface area contributed by atoms with Gasteiger partial charge in [-0.15, -0.1) is 0 Å². The summed E-state index contributed by atoms with van der Waals surface area (Å²) in [4.78, 5) is 17.0. The summed E-state index contributed by atoms with van der Waals surface area (Å²) in [6, 6.07) is 5.79. The molecule has 1 saturated carbocycles. The number of carbonyl (C=O) groups is 1. The molecule has 1 aromatic heterocycles. The van der Waals surface area contributed by atoms with Crippen LogP contribution in [-0.4, -0.2) is 43.4 Å². The maximum Gasteiger partial charge on any atom is 0.323 e. The lowest BCUT2D eigenvalue weighted by Crippen LogP contribution is -2.42. The second-order valence-electron chi connectivity index (χ2n) is 8.26. The lowest BCUT2D eigenvalue weighted by Gasteiger charge is -2.38. The van der Waals surface area contributed by atoms with Crippen molar-refractivity contribution in [3.63, 3.8) is 0 Å². The minimum atomic E-state index is -0.363. The summed E-state index contributed by atoms with van der Waals surface area (Å²) < 4.78 is 17.1. The lowest BCUT2D eigenvalue weighted by molar-refractivity contribution is -0.143. The summed E-state index contributed by atoms with van der Waals surface area (Å²) in [6.07, 6.45) is 6.01. The van der Waals surface area contributed by atoms with Gasteiger partial charge in [-0.25, -0.2) is 4.98 Å². The molecule has 28 heavy (non-hydrogen) atoms. The second-order valence-corrected chi connectivity index (χ2v) is 8.26. The molecule has 1 N–H and O–H groups in total. The van der Waals surface area contributed by atoms with E-state index < -0.39 is 0 Å². The molecule has 2 unspecified atom stereocenters. The van der Waals surface area contributed by atoms with Crippen LogP contribution >= 0.6 is 0 Å². The number of carbonyl (C=O) groups excluding carboxylic acids is 1. The van der Waals surface area contributed by atoms with Crippen molar-refractivity contribution < 1.29 is 19.0 Å². The van der Waals surface area contributed by atoms with Crippen LogP contribution in [0.4, 0.5) is 0 Å². The number of rotatable bonds is 3. The molecule has 1 aromatic carbocycles. The smallest absolute Gasteiger partial charge is 0.323 e. The zero-order valence-corrected chi connectivity index (χ0v) is 16.4. The molecule has 6 nitrogen and oxygen atoms in total. The Bertz CT molecular complexity index is 940. The summed E-state index contributed by atoms with van der Waals surface area (Å²) in [5, 5.41) is 4.40. The van der Waals surface area contributed by atoms with Gasteiger partial charge < -0.3 is 19.5 Å². The van der Waals surface area contributed by atoms with Gasteiger partial charge in [0.05, 0.1) is 25.4 Å². The Morgan fingerprint density at radius 2 is 2.18 bits per heavy atom. The Morgan fingerprint density at radius 1 is 1.32 bits per heavy atom. The Labute approximate surface area is 164 Å². The van der Waals surface area contributed by atoms with E-state index in [1.54, 1.807) is 7.11 Å². The highest BCUT2D eigenvalue weighted by Crippen LogP contribution is 2.48. The van der Waals surface area contributed by atoms with Gasteiger partial charge in [0, 0.05) is 29.8 Å². The number of hydrogen-bond acceptors (Lipinski definition) is 6. The third-order valence-electron chi connectivity index (χ3n) is 6.65. The first kappa shape index (κ1) is 17.7. The summed E-state index contributed by atoms with van der Waals surface area (Å²) >= 11 is 0. The molecule has 2 aliphatic heterocycles.